The number of rotatable bonds is 5. The fourth-order valence-electron chi connectivity index (χ4n) is 3.71. The summed E-state index contributed by atoms with van der Waals surface area (Å²) in [5.41, 5.74) is 5.02. The van der Waals surface area contributed by atoms with Crippen LogP contribution < -0.4 is 10.9 Å². The number of pyridine rings is 3. The largest absolute Gasteiger partial charge is 0.354 e. The Kier molecular flexibility index (Phi) is 5.72. The third-order valence-electron chi connectivity index (χ3n) is 5.49. The predicted molar refractivity (Wildman–Crippen MR) is 117 cm³/mol. The van der Waals surface area contributed by atoms with E-state index in [9.17, 15) is 9.59 Å². The van der Waals surface area contributed by atoms with Gasteiger partial charge in [0.2, 0.25) is 0 Å². The van der Waals surface area contributed by atoms with Gasteiger partial charge >= 0.3 is 0 Å². The molecule has 1 aliphatic heterocycles. The van der Waals surface area contributed by atoms with Crippen LogP contribution in [0.15, 0.2) is 47.4 Å². The van der Waals surface area contributed by atoms with Gasteiger partial charge in [0.05, 0.1) is 5.69 Å². The lowest BCUT2D eigenvalue weighted by molar-refractivity contribution is 0.0958. The minimum absolute atomic E-state index is 0.0590. The second kappa shape index (κ2) is 8.59. The van der Waals surface area contributed by atoms with Gasteiger partial charge in [-0.25, -0.2) is 4.98 Å². The zero-order valence-electron chi connectivity index (χ0n) is 17.2. The molecule has 3 aromatic rings. The first-order chi connectivity index (χ1) is 14.6. The first-order valence-corrected chi connectivity index (χ1v) is 10.2. The van der Waals surface area contributed by atoms with Gasteiger partial charge in [0.1, 0.15) is 11.3 Å². The number of hydrogen-bond donors (Lipinski definition) is 2. The molecule has 1 amide bonds. The fourth-order valence-corrected chi connectivity index (χ4v) is 3.71. The predicted octanol–water partition coefficient (Wildman–Crippen LogP) is 2.53. The average Bonchev–Trinajstić information content (AvgIpc) is 2.78. The van der Waals surface area contributed by atoms with Gasteiger partial charge in [0, 0.05) is 43.8 Å². The van der Waals surface area contributed by atoms with E-state index < -0.39 is 0 Å². The third kappa shape index (κ3) is 4.16. The number of aromatic amines is 1. The molecule has 1 aliphatic rings. The number of aromatic nitrogens is 3. The second-order valence-corrected chi connectivity index (χ2v) is 7.44. The Morgan fingerprint density at radius 3 is 2.80 bits per heavy atom. The molecule has 0 saturated heterocycles. The Morgan fingerprint density at radius 1 is 1.27 bits per heavy atom. The highest BCUT2D eigenvalue weighted by atomic mass is 16.1. The molecule has 0 saturated carbocycles. The lowest BCUT2D eigenvalue weighted by atomic mass is 10.0. The van der Waals surface area contributed by atoms with E-state index in [4.69, 9.17) is 0 Å². The van der Waals surface area contributed by atoms with Gasteiger partial charge in [-0.05, 0) is 48.2 Å². The minimum atomic E-state index is -0.180. The van der Waals surface area contributed by atoms with Gasteiger partial charge in [-0.15, -0.1) is 0 Å². The van der Waals surface area contributed by atoms with E-state index in [2.05, 4.69) is 31.2 Å². The Labute approximate surface area is 174 Å². The number of fused-ring (bicyclic) bond motifs is 1. The maximum absolute atomic E-state index is 12.1. The molecule has 0 spiro atoms. The van der Waals surface area contributed by atoms with Crippen molar-refractivity contribution in [2.75, 3.05) is 20.1 Å². The van der Waals surface area contributed by atoms with Crippen LogP contribution in [0.1, 0.15) is 40.7 Å². The molecule has 0 unspecified atom stereocenters. The summed E-state index contributed by atoms with van der Waals surface area (Å²) in [6, 6.07) is 9.68. The fraction of sp³-hybridized carbons (Fsp3) is 0.304. The van der Waals surface area contributed by atoms with Gasteiger partial charge in [-0.2, -0.15) is 0 Å². The van der Waals surface area contributed by atoms with Gasteiger partial charge < -0.3 is 10.3 Å². The molecule has 154 valence electrons. The molecular weight excluding hydrogens is 378 g/mol. The van der Waals surface area contributed by atoms with Crippen molar-refractivity contribution in [2.45, 2.75) is 26.3 Å². The second-order valence-electron chi connectivity index (χ2n) is 7.44. The van der Waals surface area contributed by atoms with Crippen LogP contribution in [0, 0.1) is 0 Å². The van der Waals surface area contributed by atoms with Crippen LogP contribution in [-0.2, 0) is 13.0 Å². The summed E-state index contributed by atoms with van der Waals surface area (Å²) in [7, 11) is 1.60. The maximum atomic E-state index is 12.1. The lowest BCUT2D eigenvalue weighted by Crippen LogP contribution is -2.28. The van der Waals surface area contributed by atoms with Crippen molar-refractivity contribution in [3.8, 4) is 0 Å². The SMILES string of the molecule is CCc1cc2ccc(CN3CC=C(c4ccc(C(=O)NC)nc4)CC3)nc2[nH]c1=O. The maximum Gasteiger partial charge on any atom is 0.269 e. The number of carbonyl (C=O) groups excluding carboxylic acids is 1. The quantitative estimate of drug-likeness (QED) is 0.683. The molecule has 30 heavy (non-hydrogen) atoms. The van der Waals surface area contributed by atoms with Gasteiger partial charge in [0.15, 0.2) is 0 Å². The Bertz CT molecular complexity index is 1160. The van der Waals surface area contributed by atoms with E-state index in [-0.39, 0.29) is 11.5 Å². The van der Waals surface area contributed by atoms with E-state index in [1.807, 2.05) is 31.2 Å². The first kappa shape index (κ1) is 20.0. The molecule has 0 radical (unpaired) electrons. The number of nitrogens with one attached hydrogen (secondary N) is 2. The van der Waals surface area contributed by atoms with Gasteiger partial charge in [-0.3, -0.25) is 19.5 Å². The molecule has 0 bridgehead atoms. The molecular formula is C23H25N5O2. The molecule has 4 heterocycles. The third-order valence-corrected chi connectivity index (χ3v) is 5.49. The number of hydrogen-bond acceptors (Lipinski definition) is 5. The number of aryl methyl sites for hydroxylation is 1. The summed E-state index contributed by atoms with van der Waals surface area (Å²) in [5, 5.41) is 3.54. The number of carbonyl (C=O) groups is 1. The molecule has 2 N–H and O–H groups in total. The number of H-pyrrole nitrogens is 1. The summed E-state index contributed by atoms with van der Waals surface area (Å²) in [5.74, 6) is -0.180. The van der Waals surface area contributed by atoms with Crippen LogP contribution >= 0.6 is 0 Å². The average molecular weight is 403 g/mol. The van der Waals surface area contributed by atoms with Crippen LogP contribution in [0.4, 0.5) is 0 Å². The highest BCUT2D eigenvalue weighted by Gasteiger charge is 2.15. The van der Waals surface area contributed by atoms with E-state index in [1.165, 1.54) is 5.57 Å². The van der Waals surface area contributed by atoms with E-state index in [0.29, 0.717) is 17.8 Å². The molecule has 3 aromatic heterocycles. The lowest BCUT2D eigenvalue weighted by Gasteiger charge is -2.26. The van der Waals surface area contributed by atoms with E-state index >= 15 is 0 Å². The molecule has 7 heteroatoms. The molecule has 0 atom stereocenters. The molecule has 7 nitrogen and oxygen atoms in total. The smallest absolute Gasteiger partial charge is 0.269 e. The topological polar surface area (TPSA) is 91.0 Å². The summed E-state index contributed by atoms with van der Waals surface area (Å²) in [6.07, 6.45) is 5.58. The van der Waals surface area contributed by atoms with Gasteiger partial charge in [0.25, 0.3) is 11.5 Å². The van der Waals surface area contributed by atoms with Crippen LogP contribution in [0.3, 0.4) is 0 Å². The monoisotopic (exact) mass is 403 g/mol. The van der Waals surface area contributed by atoms with Crippen LogP contribution in [0.5, 0.6) is 0 Å². The summed E-state index contributed by atoms with van der Waals surface area (Å²) >= 11 is 0. The van der Waals surface area contributed by atoms with Crippen LogP contribution in [0.2, 0.25) is 0 Å². The Hall–Kier alpha value is -3.32. The van der Waals surface area contributed by atoms with Crippen molar-refractivity contribution in [3.05, 3.63) is 75.5 Å². The summed E-state index contributed by atoms with van der Waals surface area (Å²) < 4.78 is 0. The van der Waals surface area contributed by atoms with Crippen LogP contribution in [-0.4, -0.2) is 45.9 Å². The van der Waals surface area contributed by atoms with Crippen LogP contribution in [0.25, 0.3) is 16.6 Å². The highest BCUT2D eigenvalue weighted by molar-refractivity contribution is 5.92. The minimum Gasteiger partial charge on any atom is -0.354 e. The Balaban J connectivity index is 1.44. The van der Waals surface area contributed by atoms with Gasteiger partial charge in [-0.1, -0.05) is 19.1 Å². The molecule has 0 aliphatic carbocycles. The molecule has 0 aromatic carbocycles. The standard InChI is InChI=1S/C23H25N5O2/c1-3-15-12-17-4-6-19(26-21(17)27-22(15)29)14-28-10-8-16(9-11-28)18-5-7-20(25-13-18)23(30)24-2/h4-8,12-13H,3,9-11,14H2,1-2H3,(H,24,30)(H,26,27,29). The van der Waals surface area contributed by atoms with Crippen molar-refractivity contribution in [2.24, 2.45) is 0 Å². The van der Waals surface area contributed by atoms with E-state index in [1.54, 1.807) is 19.3 Å². The molecule has 4 rings (SSSR count). The number of nitrogens with zero attached hydrogens (tertiary/aromatic N) is 3. The molecule has 0 fully saturated rings. The Morgan fingerprint density at radius 2 is 2.13 bits per heavy atom. The first-order valence-electron chi connectivity index (χ1n) is 10.2. The van der Waals surface area contributed by atoms with Crippen molar-refractivity contribution in [3.63, 3.8) is 0 Å². The van der Waals surface area contributed by atoms with Crippen molar-refractivity contribution >= 4 is 22.5 Å². The summed E-state index contributed by atoms with van der Waals surface area (Å²) in [6.45, 7) is 4.43. The van der Waals surface area contributed by atoms with Crippen molar-refractivity contribution < 1.29 is 4.79 Å². The van der Waals surface area contributed by atoms with E-state index in [0.717, 1.165) is 48.3 Å². The normalized spacial score (nSPS) is 14.5. The zero-order chi connectivity index (χ0) is 21.1. The summed E-state index contributed by atoms with van der Waals surface area (Å²) in [4.78, 5) is 37.8. The van der Waals surface area contributed by atoms with Crippen molar-refractivity contribution in [1.29, 1.82) is 0 Å². The highest BCUT2D eigenvalue weighted by Crippen LogP contribution is 2.23. The number of amides is 1. The van der Waals surface area contributed by atoms with Crippen molar-refractivity contribution in [1.82, 2.24) is 25.2 Å². The zero-order valence-corrected chi connectivity index (χ0v) is 17.2.